The maximum absolute atomic E-state index is 12.2. The van der Waals surface area contributed by atoms with Crippen molar-refractivity contribution in [2.24, 2.45) is 63.1 Å². The number of carbonyl (C=O) groups excluding carboxylic acids is 3. The van der Waals surface area contributed by atoms with Crippen molar-refractivity contribution in [3.8, 4) is 0 Å². The third-order valence-corrected chi connectivity index (χ3v) is 17.3. The van der Waals surface area contributed by atoms with Crippen molar-refractivity contribution in [3.05, 3.63) is 23.3 Å². The Morgan fingerprint density at radius 1 is 0.723 bits per heavy atom. The Morgan fingerprint density at radius 3 is 2.13 bits per heavy atom. The molecule has 0 aliphatic heterocycles. The number of aliphatic hydroxyl groups excluding tert-OH is 1. The summed E-state index contributed by atoms with van der Waals surface area (Å²) < 4.78 is 0. The van der Waals surface area contributed by atoms with Crippen molar-refractivity contribution in [2.45, 2.75) is 156 Å². The molecule has 0 unspecified atom stereocenters. The van der Waals surface area contributed by atoms with Gasteiger partial charge in [0.15, 0.2) is 11.6 Å². The summed E-state index contributed by atoms with van der Waals surface area (Å²) in [6.07, 6.45) is 20.8. The first-order chi connectivity index (χ1) is 22.1. The van der Waals surface area contributed by atoms with Gasteiger partial charge in [0.2, 0.25) is 0 Å². The topological polar surface area (TPSA) is 91.7 Å². The van der Waals surface area contributed by atoms with Gasteiger partial charge in [0.05, 0.1) is 6.10 Å². The molecule has 0 spiro atoms. The first-order valence-corrected chi connectivity index (χ1v) is 19.4. The summed E-state index contributed by atoms with van der Waals surface area (Å²) in [7, 11) is 0. The number of carbonyl (C=O) groups is 3. The maximum Gasteiger partial charge on any atom is 0.161 e. The first-order valence-electron chi connectivity index (χ1n) is 19.4. The van der Waals surface area contributed by atoms with E-state index >= 15 is 0 Å². The van der Waals surface area contributed by atoms with Crippen LogP contribution in [-0.2, 0) is 14.4 Å². The van der Waals surface area contributed by atoms with Crippen molar-refractivity contribution < 1.29 is 24.6 Å². The predicted molar refractivity (Wildman–Crippen MR) is 184 cm³/mol. The second kappa shape index (κ2) is 11.5. The van der Waals surface area contributed by atoms with Crippen molar-refractivity contribution in [3.63, 3.8) is 0 Å². The van der Waals surface area contributed by atoms with Crippen LogP contribution >= 0.6 is 0 Å². The minimum absolute atomic E-state index is 0.0446. The molecule has 0 saturated heterocycles. The molecule has 47 heavy (non-hydrogen) atoms. The Morgan fingerprint density at radius 2 is 1.40 bits per heavy atom. The van der Waals surface area contributed by atoms with Gasteiger partial charge in [-0.2, -0.15) is 0 Å². The quantitative estimate of drug-likeness (QED) is 0.294. The molecule has 260 valence electrons. The molecular weight excluding hydrogens is 584 g/mol. The summed E-state index contributed by atoms with van der Waals surface area (Å²) in [5, 5.41) is 21.2. The molecule has 2 N–H and O–H groups in total. The van der Waals surface area contributed by atoms with Crippen molar-refractivity contribution in [2.75, 3.05) is 0 Å². The zero-order valence-corrected chi connectivity index (χ0v) is 30.2. The van der Waals surface area contributed by atoms with Gasteiger partial charge in [-0.1, -0.05) is 44.9 Å². The normalized spacial score (nSPS) is 51.4. The van der Waals surface area contributed by atoms with Crippen LogP contribution in [0.5, 0.6) is 0 Å². The SMILES string of the molecule is CC(=O)[C@@]1(O)CC[C@H]2[C@@H]3CCC4=CC(=O)CC[C@]4(C)[C@H]3CC[C@@]21C.CC(=O)[C@H]1CC[C@H]2[C@@H]3CC=C4C[C@@H](O)CC[C@]4(C)[C@H]3CC[C@]12C. The monoisotopic (exact) mass is 646 g/mol. The fourth-order valence-corrected chi connectivity index (χ4v) is 14.5. The molecule has 6 fully saturated rings. The number of Topliss-reactive ketones (excluding diaryl/α,β-unsaturated/α-hetero) is 2. The van der Waals surface area contributed by atoms with E-state index in [1.54, 1.807) is 12.5 Å². The lowest BCUT2D eigenvalue weighted by Crippen LogP contribution is -2.57. The maximum atomic E-state index is 12.2. The molecule has 5 nitrogen and oxygen atoms in total. The number of ketones is 3. The lowest BCUT2D eigenvalue weighted by Gasteiger charge is -2.58. The number of allylic oxidation sites excluding steroid dienone is 2. The van der Waals surface area contributed by atoms with Crippen LogP contribution in [-0.4, -0.2) is 39.3 Å². The van der Waals surface area contributed by atoms with Gasteiger partial charge in [0.25, 0.3) is 0 Å². The van der Waals surface area contributed by atoms with Crippen LogP contribution < -0.4 is 0 Å². The number of hydrogen-bond acceptors (Lipinski definition) is 5. The highest BCUT2D eigenvalue weighted by Gasteiger charge is 2.65. The number of aliphatic hydroxyl groups is 2. The van der Waals surface area contributed by atoms with Crippen LogP contribution in [0.15, 0.2) is 23.3 Å². The minimum Gasteiger partial charge on any atom is -0.393 e. The zero-order valence-electron chi connectivity index (χ0n) is 30.2. The molecule has 6 saturated carbocycles. The molecule has 0 aromatic heterocycles. The van der Waals surface area contributed by atoms with Crippen LogP contribution in [0.2, 0.25) is 0 Å². The van der Waals surface area contributed by atoms with E-state index in [0.717, 1.165) is 82.0 Å². The molecule has 0 bridgehead atoms. The van der Waals surface area contributed by atoms with Gasteiger partial charge < -0.3 is 10.2 Å². The van der Waals surface area contributed by atoms with E-state index in [-0.39, 0.29) is 28.1 Å². The van der Waals surface area contributed by atoms with Crippen LogP contribution in [0.25, 0.3) is 0 Å². The smallest absolute Gasteiger partial charge is 0.161 e. The summed E-state index contributed by atoms with van der Waals surface area (Å²) in [4.78, 5) is 36.2. The van der Waals surface area contributed by atoms with Crippen molar-refractivity contribution in [1.82, 2.24) is 0 Å². The largest absolute Gasteiger partial charge is 0.393 e. The van der Waals surface area contributed by atoms with Crippen molar-refractivity contribution in [1.29, 1.82) is 0 Å². The van der Waals surface area contributed by atoms with Crippen LogP contribution in [0.3, 0.4) is 0 Å². The standard InChI is InChI=1S/C21H30O3.C21H32O2/c1-13(22)21(24)11-8-18-16-5-4-14-12-15(23)6-9-19(14,2)17(16)7-10-20(18,21)3;1-13(22)17-6-7-18-16-5-4-14-12-15(23)8-10-20(14,2)19(16)9-11-21(17,18)3/h12,16-18,24H,4-11H2,1-3H3;4,15-19,23H,5-12H2,1-3H3/t16-,17+,18+,19+,20+,21+;15-,16-,17+,18-,19-,20-,21+/m10/s1. The summed E-state index contributed by atoms with van der Waals surface area (Å²) in [6, 6.07) is 0. The molecule has 0 heterocycles. The van der Waals surface area contributed by atoms with Gasteiger partial charge in [0.1, 0.15) is 11.4 Å². The van der Waals surface area contributed by atoms with Gasteiger partial charge >= 0.3 is 0 Å². The Labute approximate surface area is 283 Å². The molecular formula is C42H62O5. The van der Waals surface area contributed by atoms with Crippen LogP contribution in [0, 0.1) is 63.1 Å². The minimum atomic E-state index is -1.12. The second-order valence-electron chi connectivity index (χ2n) is 18.8. The molecule has 8 aliphatic rings. The van der Waals surface area contributed by atoms with Gasteiger partial charge in [0, 0.05) is 17.8 Å². The summed E-state index contributed by atoms with van der Waals surface area (Å²) in [5.41, 5.74) is 2.27. The fraction of sp³-hybridized carbons (Fsp3) is 0.833. The fourth-order valence-electron chi connectivity index (χ4n) is 14.5. The Balaban J connectivity index is 0.000000150. The molecule has 0 amide bonds. The summed E-state index contributed by atoms with van der Waals surface area (Å²) in [5.74, 6) is 4.90. The first kappa shape index (κ1) is 33.9. The molecule has 13 atom stereocenters. The Bertz CT molecular complexity index is 1390. The molecule has 8 aliphatic carbocycles. The zero-order chi connectivity index (χ0) is 33.7. The third kappa shape index (κ3) is 4.84. The number of hydrogen-bond donors (Lipinski definition) is 2. The van der Waals surface area contributed by atoms with Gasteiger partial charge in [-0.3, -0.25) is 14.4 Å². The average Bonchev–Trinajstić information content (AvgIpc) is 3.52. The lowest BCUT2D eigenvalue weighted by molar-refractivity contribution is -0.160. The van der Waals surface area contributed by atoms with E-state index in [9.17, 15) is 24.6 Å². The van der Waals surface area contributed by atoms with Crippen LogP contribution in [0.1, 0.15) is 144 Å². The Kier molecular flexibility index (Phi) is 8.27. The molecule has 0 aromatic rings. The van der Waals surface area contributed by atoms with E-state index in [1.165, 1.54) is 31.3 Å². The van der Waals surface area contributed by atoms with E-state index < -0.39 is 5.60 Å². The summed E-state index contributed by atoms with van der Waals surface area (Å²) >= 11 is 0. The molecule has 8 rings (SSSR count). The van der Waals surface area contributed by atoms with E-state index in [2.05, 4.69) is 33.8 Å². The molecule has 0 aromatic carbocycles. The van der Waals surface area contributed by atoms with Crippen LogP contribution in [0.4, 0.5) is 0 Å². The second-order valence-corrected chi connectivity index (χ2v) is 18.8. The van der Waals surface area contributed by atoms with Gasteiger partial charge in [-0.25, -0.2) is 0 Å². The Hall–Kier alpha value is -1.59. The predicted octanol–water partition coefficient (Wildman–Crippen LogP) is 8.35. The van der Waals surface area contributed by atoms with Gasteiger partial charge in [-0.05, 0) is 168 Å². The summed E-state index contributed by atoms with van der Waals surface area (Å²) in [6.45, 7) is 12.8. The van der Waals surface area contributed by atoms with E-state index in [0.29, 0.717) is 53.5 Å². The number of rotatable bonds is 2. The van der Waals surface area contributed by atoms with Crippen molar-refractivity contribution >= 4 is 17.3 Å². The highest BCUT2D eigenvalue weighted by atomic mass is 16.3. The third-order valence-electron chi connectivity index (χ3n) is 17.3. The van der Waals surface area contributed by atoms with E-state index in [4.69, 9.17) is 0 Å². The average molecular weight is 647 g/mol. The molecule has 0 radical (unpaired) electrons. The van der Waals surface area contributed by atoms with E-state index in [1.807, 2.05) is 13.0 Å². The highest BCUT2D eigenvalue weighted by Crippen LogP contribution is 2.68. The number of fused-ring (bicyclic) bond motifs is 10. The lowest BCUT2D eigenvalue weighted by atomic mass is 9.46. The highest BCUT2D eigenvalue weighted by molar-refractivity contribution is 5.91. The van der Waals surface area contributed by atoms with Gasteiger partial charge in [-0.15, -0.1) is 0 Å². The molecule has 5 heteroatoms.